The van der Waals surface area contributed by atoms with Crippen LogP contribution in [0.5, 0.6) is 0 Å². The minimum atomic E-state index is -0.217. The van der Waals surface area contributed by atoms with Crippen LogP contribution in [0.1, 0.15) is 30.4 Å². The third kappa shape index (κ3) is 3.46. The number of hydrogen-bond acceptors (Lipinski definition) is 3. The summed E-state index contributed by atoms with van der Waals surface area (Å²) < 4.78 is 15.7. The Balaban J connectivity index is 1.30. The van der Waals surface area contributed by atoms with Gasteiger partial charge in [0.2, 0.25) is 0 Å². The topological polar surface area (TPSA) is 42.7 Å². The van der Waals surface area contributed by atoms with Crippen molar-refractivity contribution in [2.24, 2.45) is 13.0 Å². The molecule has 5 rings (SSSR count). The van der Waals surface area contributed by atoms with Crippen LogP contribution >= 0.6 is 0 Å². The number of pyridine rings is 2. The number of aromatic nitrogens is 3. The molecule has 1 aliphatic carbocycles. The monoisotopic (exact) mass is 388 g/mol. The molecule has 1 fully saturated rings. The second-order valence-electron chi connectivity index (χ2n) is 8.37. The number of anilines is 1. The predicted octanol–water partition coefficient (Wildman–Crippen LogP) is 5.39. The maximum Gasteiger partial charge on any atom is 0.127 e. The van der Waals surface area contributed by atoms with Gasteiger partial charge in [-0.1, -0.05) is 0 Å². The highest BCUT2D eigenvalue weighted by Gasteiger charge is 2.26. The summed E-state index contributed by atoms with van der Waals surface area (Å²) in [5.41, 5.74) is 4.50. The van der Waals surface area contributed by atoms with Gasteiger partial charge in [0.25, 0.3) is 0 Å². The zero-order chi connectivity index (χ0) is 20.0. The van der Waals surface area contributed by atoms with Gasteiger partial charge in [-0.15, -0.1) is 0 Å². The first kappa shape index (κ1) is 18.1. The van der Waals surface area contributed by atoms with E-state index in [1.165, 1.54) is 29.0 Å². The first-order valence-electron chi connectivity index (χ1n) is 10.3. The molecule has 4 aromatic rings. The fourth-order valence-corrected chi connectivity index (χ4v) is 4.83. The minimum absolute atomic E-state index is 0.217. The Bertz CT molecular complexity index is 1200. The SMILES string of the molecule is Cc1cc(N[C@H]2CC[C@H](Cc3cn(C)c4cnccc34)C2)nc2ccc(F)cc12. The highest BCUT2D eigenvalue weighted by molar-refractivity contribution is 5.84. The van der Waals surface area contributed by atoms with E-state index in [1.54, 1.807) is 12.1 Å². The molecular formula is C24H25FN4. The Morgan fingerprint density at radius 1 is 1.17 bits per heavy atom. The van der Waals surface area contributed by atoms with E-state index in [-0.39, 0.29) is 5.82 Å². The number of fused-ring (bicyclic) bond motifs is 2. The van der Waals surface area contributed by atoms with Gasteiger partial charge < -0.3 is 9.88 Å². The Kier molecular flexibility index (Phi) is 4.46. The van der Waals surface area contributed by atoms with Crippen molar-refractivity contribution in [3.63, 3.8) is 0 Å². The lowest BCUT2D eigenvalue weighted by Gasteiger charge is -2.15. The molecule has 1 aromatic carbocycles. The van der Waals surface area contributed by atoms with E-state index in [0.717, 1.165) is 41.5 Å². The molecule has 0 unspecified atom stereocenters. The molecule has 1 saturated carbocycles. The first-order valence-corrected chi connectivity index (χ1v) is 10.3. The van der Waals surface area contributed by atoms with E-state index in [9.17, 15) is 4.39 Å². The molecular weight excluding hydrogens is 363 g/mol. The number of aryl methyl sites for hydroxylation is 2. The van der Waals surface area contributed by atoms with Crippen LogP contribution in [0.2, 0.25) is 0 Å². The van der Waals surface area contributed by atoms with Gasteiger partial charge >= 0.3 is 0 Å². The molecule has 3 aromatic heterocycles. The normalized spacial score (nSPS) is 19.3. The van der Waals surface area contributed by atoms with Gasteiger partial charge in [0.15, 0.2) is 0 Å². The summed E-state index contributed by atoms with van der Waals surface area (Å²) in [6.07, 6.45) is 10.7. The largest absolute Gasteiger partial charge is 0.367 e. The van der Waals surface area contributed by atoms with Crippen LogP contribution in [0.15, 0.2) is 48.9 Å². The van der Waals surface area contributed by atoms with E-state index < -0.39 is 0 Å². The highest BCUT2D eigenvalue weighted by Crippen LogP contribution is 2.33. The van der Waals surface area contributed by atoms with Crippen molar-refractivity contribution in [2.45, 2.75) is 38.6 Å². The highest BCUT2D eigenvalue weighted by atomic mass is 19.1. The average molecular weight is 388 g/mol. The Labute approximate surface area is 169 Å². The van der Waals surface area contributed by atoms with Crippen molar-refractivity contribution in [1.29, 1.82) is 0 Å². The van der Waals surface area contributed by atoms with Gasteiger partial charge in [0.1, 0.15) is 11.6 Å². The van der Waals surface area contributed by atoms with Crippen molar-refractivity contribution in [2.75, 3.05) is 5.32 Å². The lowest BCUT2D eigenvalue weighted by Crippen LogP contribution is -2.17. The second kappa shape index (κ2) is 7.14. The second-order valence-corrected chi connectivity index (χ2v) is 8.37. The fraction of sp³-hybridized carbons (Fsp3) is 0.333. The molecule has 1 N–H and O–H groups in total. The standard InChI is InChI=1S/C24H25FN4/c1-15-9-24(28-22-6-4-18(25)12-21(15)22)27-19-5-3-16(11-19)10-17-14-29(2)23-13-26-8-7-20(17)23/h4,6-9,12-14,16,19H,3,5,10-11H2,1-2H3,(H,27,28)/t16-,19+/m1/s1. The molecule has 1 aliphatic rings. The summed E-state index contributed by atoms with van der Waals surface area (Å²) in [6, 6.07) is 9.39. The number of halogens is 1. The van der Waals surface area contributed by atoms with Gasteiger partial charge in [-0.3, -0.25) is 4.98 Å². The quantitative estimate of drug-likeness (QED) is 0.509. The molecule has 2 atom stereocenters. The van der Waals surface area contributed by atoms with Gasteiger partial charge in [-0.2, -0.15) is 0 Å². The molecule has 0 aliphatic heterocycles. The van der Waals surface area contributed by atoms with Crippen molar-refractivity contribution in [3.05, 3.63) is 65.9 Å². The van der Waals surface area contributed by atoms with Gasteiger partial charge in [-0.25, -0.2) is 9.37 Å². The third-order valence-corrected chi connectivity index (χ3v) is 6.25. The Morgan fingerprint density at radius 2 is 2.07 bits per heavy atom. The molecule has 0 saturated heterocycles. The first-order chi connectivity index (χ1) is 14.1. The van der Waals surface area contributed by atoms with Gasteiger partial charge in [-0.05, 0) is 80.0 Å². The van der Waals surface area contributed by atoms with Crippen LogP contribution in [0, 0.1) is 18.7 Å². The van der Waals surface area contributed by atoms with E-state index in [2.05, 4.69) is 34.2 Å². The minimum Gasteiger partial charge on any atom is -0.367 e. The smallest absolute Gasteiger partial charge is 0.127 e. The molecule has 0 bridgehead atoms. The van der Waals surface area contributed by atoms with Crippen molar-refractivity contribution in [1.82, 2.24) is 14.5 Å². The number of rotatable bonds is 4. The third-order valence-electron chi connectivity index (χ3n) is 6.25. The molecule has 4 nitrogen and oxygen atoms in total. The predicted molar refractivity (Wildman–Crippen MR) is 116 cm³/mol. The summed E-state index contributed by atoms with van der Waals surface area (Å²) >= 11 is 0. The molecule has 29 heavy (non-hydrogen) atoms. The van der Waals surface area contributed by atoms with Crippen molar-refractivity contribution >= 4 is 27.6 Å². The lowest BCUT2D eigenvalue weighted by atomic mass is 9.98. The van der Waals surface area contributed by atoms with Crippen LogP contribution in [0.25, 0.3) is 21.8 Å². The van der Waals surface area contributed by atoms with E-state index in [0.29, 0.717) is 12.0 Å². The summed E-state index contributed by atoms with van der Waals surface area (Å²) in [5, 5.41) is 5.82. The average Bonchev–Trinajstić information content (AvgIpc) is 3.27. The number of nitrogens with zero attached hydrogens (tertiary/aromatic N) is 3. The van der Waals surface area contributed by atoms with Gasteiger partial charge in [0.05, 0.1) is 17.2 Å². The molecule has 5 heteroatoms. The van der Waals surface area contributed by atoms with E-state index in [4.69, 9.17) is 4.98 Å². The van der Waals surface area contributed by atoms with Crippen LogP contribution in [-0.4, -0.2) is 20.6 Å². The van der Waals surface area contributed by atoms with E-state index >= 15 is 0 Å². The van der Waals surface area contributed by atoms with E-state index in [1.807, 2.05) is 25.4 Å². The summed E-state index contributed by atoms with van der Waals surface area (Å²) in [4.78, 5) is 8.96. The van der Waals surface area contributed by atoms with Crippen LogP contribution in [0.3, 0.4) is 0 Å². The molecule has 148 valence electrons. The molecule has 0 spiro atoms. The summed E-state index contributed by atoms with van der Waals surface area (Å²) in [6.45, 7) is 2.02. The van der Waals surface area contributed by atoms with Crippen LogP contribution in [0.4, 0.5) is 10.2 Å². The fourth-order valence-electron chi connectivity index (χ4n) is 4.83. The number of benzene rings is 1. The molecule has 0 radical (unpaired) electrons. The molecule has 0 amide bonds. The Morgan fingerprint density at radius 3 is 2.97 bits per heavy atom. The lowest BCUT2D eigenvalue weighted by molar-refractivity contribution is 0.541. The zero-order valence-corrected chi connectivity index (χ0v) is 16.8. The van der Waals surface area contributed by atoms with Crippen molar-refractivity contribution in [3.8, 4) is 0 Å². The summed E-state index contributed by atoms with van der Waals surface area (Å²) in [7, 11) is 2.09. The van der Waals surface area contributed by atoms with Crippen LogP contribution in [-0.2, 0) is 13.5 Å². The van der Waals surface area contributed by atoms with Crippen molar-refractivity contribution < 1.29 is 4.39 Å². The summed E-state index contributed by atoms with van der Waals surface area (Å²) in [5.74, 6) is 1.34. The number of nitrogens with one attached hydrogen (secondary N) is 1. The van der Waals surface area contributed by atoms with Crippen LogP contribution < -0.4 is 5.32 Å². The Hall–Kier alpha value is -2.95. The zero-order valence-electron chi connectivity index (χ0n) is 16.8. The maximum atomic E-state index is 13.5. The molecule has 3 heterocycles. The van der Waals surface area contributed by atoms with Gasteiger partial charge in [0, 0.05) is 36.3 Å². The maximum absolute atomic E-state index is 13.5. The number of hydrogen-bond donors (Lipinski definition) is 1.